The number of nitrogens with zero attached hydrogens (tertiary/aromatic N) is 4. The maximum absolute atomic E-state index is 14.4. The van der Waals surface area contributed by atoms with Crippen molar-refractivity contribution < 1.29 is 18.6 Å². The van der Waals surface area contributed by atoms with Gasteiger partial charge in [0.25, 0.3) is 0 Å². The summed E-state index contributed by atoms with van der Waals surface area (Å²) >= 11 is 1.46. The van der Waals surface area contributed by atoms with Gasteiger partial charge in [0.15, 0.2) is 11.6 Å². The fourth-order valence-electron chi connectivity index (χ4n) is 3.54. The molecule has 7 nitrogen and oxygen atoms in total. The summed E-state index contributed by atoms with van der Waals surface area (Å²) in [7, 11) is 0. The van der Waals surface area contributed by atoms with Gasteiger partial charge >= 0.3 is 0 Å². The Kier molecular flexibility index (Phi) is 5.32. The number of benzene rings is 1. The average molecular weight is 455 g/mol. The van der Waals surface area contributed by atoms with Gasteiger partial charge in [0.2, 0.25) is 0 Å². The molecule has 5 rings (SSSR count). The van der Waals surface area contributed by atoms with Crippen LogP contribution in [0.4, 0.5) is 14.6 Å². The topological polar surface area (TPSA) is 85.1 Å². The number of anilines is 1. The largest absolute Gasteiger partial charge is 0.491 e. The fourth-order valence-corrected chi connectivity index (χ4v) is 4.73. The molecule has 1 aliphatic rings. The van der Waals surface area contributed by atoms with Crippen LogP contribution >= 0.6 is 11.3 Å². The summed E-state index contributed by atoms with van der Waals surface area (Å²) in [6, 6.07) is 8.87. The molecule has 3 aromatic heterocycles. The minimum absolute atomic E-state index is 0.0146. The number of rotatable bonds is 5. The molecule has 0 saturated carbocycles. The average Bonchev–Trinajstić information content (AvgIpc) is 3.38. The second-order valence-corrected chi connectivity index (χ2v) is 8.48. The van der Waals surface area contributed by atoms with Gasteiger partial charge in [0.1, 0.15) is 35.1 Å². The first kappa shape index (κ1) is 20.5. The second-order valence-electron chi connectivity index (χ2n) is 7.43. The summed E-state index contributed by atoms with van der Waals surface area (Å²) in [4.78, 5) is 10.8. The van der Waals surface area contributed by atoms with Gasteiger partial charge in [-0.2, -0.15) is 5.10 Å². The fraction of sp³-hybridized carbons (Fsp3) is 0.227. The third-order valence-corrected chi connectivity index (χ3v) is 6.27. The Morgan fingerprint density at radius 1 is 1.25 bits per heavy atom. The molecule has 1 aliphatic heterocycles. The number of nitrogens with one attached hydrogen (secondary N) is 1. The van der Waals surface area contributed by atoms with Crippen LogP contribution in [0.1, 0.15) is 12.5 Å². The maximum atomic E-state index is 14.4. The summed E-state index contributed by atoms with van der Waals surface area (Å²) in [5.41, 5.74) is 1.86. The van der Waals surface area contributed by atoms with Gasteiger partial charge in [-0.25, -0.2) is 23.4 Å². The number of ether oxygens (including phenoxy) is 1. The van der Waals surface area contributed by atoms with Gasteiger partial charge in [-0.15, -0.1) is 11.3 Å². The highest BCUT2D eigenvalue weighted by molar-refractivity contribution is 7.19. The minimum atomic E-state index is -0.719. The molecule has 0 radical (unpaired) electrons. The lowest BCUT2D eigenvalue weighted by Gasteiger charge is -2.13. The van der Waals surface area contributed by atoms with Crippen LogP contribution < -0.4 is 10.1 Å². The smallest absolute Gasteiger partial charge is 0.173 e. The van der Waals surface area contributed by atoms with Crippen LogP contribution in [0.3, 0.4) is 0 Å². The molecule has 0 bridgehead atoms. The van der Waals surface area contributed by atoms with Crippen LogP contribution in [0, 0.1) is 11.6 Å². The number of aliphatic hydroxyl groups excluding tert-OH is 1. The van der Waals surface area contributed by atoms with E-state index >= 15 is 0 Å². The Hall–Kier alpha value is -3.37. The van der Waals surface area contributed by atoms with E-state index in [0.29, 0.717) is 36.1 Å². The first-order chi connectivity index (χ1) is 15.5. The molecule has 10 heteroatoms. The van der Waals surface area contributed by atoms with E-state index in [0.717, 1.165) is 21.4 Å². The zero-order valence-corrected chi connectivity index (χ0v) is 17.9. The van der Waals surface area contributed by atoms with E-state index in [9.17, 15) is 13.9 Å². The number of hydrogen-bond acceptors (Lipinski definition) is 7. The molecule has 0 spiro atoms. The Labute approximate surface area is 186 Å². The number of halogens is 2. The first-order valence-corrected chi connectivity index (χ1v) is 10.9. The molecule has 0 saturated heterocycles. The number of hydrogen-bond donors (Lipinski definition) is 2. The number of pyridine rings is 1. The van der Waals surface area contributed by atoms with Gasteiger partial charge in [0.05, 0.1) is 23.0 Å². The standard InChI is InChI=1S/C22H19F2N5O2S/c1-12(10-30)27-19-5-4-17-20(28-19)21-13(6-7-31-17)8-18(32-21)22-25-11-26-29(22)16-3-2-14(23)9-15(16)24/h2-5,8-9,11-12,30H,6-7,10H2,1H3,(H,27,28). The van der Waals surface area contributed by atoms with Crippen LogP contribution in [-0.4, -0.2) is 44.1 Å². The summed E-state index contributed by atoms with van der Waals surface area (Å²) in [6.07, 6.45) is 2.02. The van der Waals surface area contributed by atoms with Crippen LogP contribution in [0.15, 0.2) is 42.7 Å². The molecular weight excluding hydrogens is 436 g/mol. The Morgan fingerprint density at radius 3 is 2.94 bits per heavy atom. The molecule has 1 aromatic carbocycles. The zero-order chi connectivity index (χ0) is 22.2. The molecule has 4 heterocycles. The highest BCUT2D eigenvalue weighted by Crippen LogP contribution is 2.43. The monoisotopic (exact) mass is 455 g/mol. The van der Waals surface area contributed by atoms with Crippen LogP contribution in [0.5, 0.6) is 5.75 Å². The molecular formula is C22H19F2N5O2S. The molecule has 1 atom stereocenters. The van der Waals surface area contributed by atoms with Crippen molar-refractivity contribution in [3.05, 3.63) is 59.9 Å². The van der Waals surface area contributed by atoms with Crippen molar-refractivity contribution in [3.63, 3.8) is 0 Å². The Bertz CT molecular complexity index is 1290. The van der Waals surface area contributed by atoms with Gasteiger partial charge < -0.3 is 15.2 Å². The van der Waals surface area contributed by atoms with E-state index in [1.54, 1.807) is 0 Å². The van der Waals surface area contributed by atoms with Gasteiger partial charge in [-0.05, 0) is 42.8 Å². The van der Waals surface area contributed by atoms with Crippen LogP contribution in [-0.2, 0) is 6.42 Å². The molecule has 32 heavy (non-hydrogen) atoms. The lowest BCUT2D eigenvalue weighted by molar-refractivity contribution is 0.281. The van der Waals surface area contributed by atoms with Crippen molar-refractivity contribution in [2.45, 2.75) is 19.4 Å². The number of thiophene rings is 1. The molecule has 2 N–H and O–H groups in total. The lowest BCUT2D eigenvalue weighted by Crippen LogP contribution is -2.20. The number of fused-ring (bicyclic) bond motifs is 3. The minimum Gasteiger partial charge on any atom is -0.491 e. The van der Waals surface area contributed by atoms with Gasteiger partial charge in [-0.1, -0.05) is 0 Å². The zero-order valence-electron chi connectivity index (χ0n) is 17.0. The first-order valence-electron chi connectivity index (χ1n) is 10.0. The van der Waals surface area contributed by atoms with Crippen molar-refractivity contribution in [3.8, 4) is 32.7 Å². The summed E-state index contributed by atoms with van der Waals surface area (Å²) in [5.74, 6) is 0.389. The highest BCUT2D eigenvalue weighted by atomic mass is 32.1. The van der Waals surface area contributed by atoms with Crippen molar-refractivity contribution in [2.75, 3.05) is 18.5 Å². The SMILES string of the molecule is CC(CO)Nc1ccc2c(n1)-c1sc(-c3ncnn3-c3ccc(F)cc3F)cc1CCO2. The van der Waals surface area contributed by atoms with Gasteiger partial charge in [0, 0.05) is 18.5 Å². The molecule has 4 aromatic rings. The number of aromatic nitrogens is 4. The molecule has 164 valence electrons. The predicted octanol–water partition coefficient (Wildman–Crippen LogP) is 4.06. The van der Waals surface area contributed by atoms with Crippen molar-refractivity contribution in [1.29, 1.82) is 0 Å². The van der Waals surface area contributed by atoms with Crippen LogP contribution in [0.25, 0.3) is 27.0 Å². The predicted molar refractivity (Wildman–Crippen MR) is 117 cm³/mol. The van der Waals surface area contributed by atoms with Crippen molar-refractivity contribution in [2.24, 2.45) is 0 Å². The van der Waals surface area contributed by atoms with Crippen LogP contribution in [0.2, 0.25) is 0 Å². The van der Waals surface area contributed by atoms with E-state index in [1.807, 2.05) is 25.1 Å². The summed E-state index contributed by atoms with van der Waals surface area (Å²) in [6.45, 7) is 2.34. The lowest BCUT2D eigenvalue weighted by atomic mass is 10.1. The van der Waals surface area contributed by atoms with E-state index in [4.69, 9.17) is 9.72 Å². The summed E-state index contributed by atoms with van der Waals surface area (Å²) < 4.78 is 35.0. The van der Waals surface area contributed by atoms with Crippen molar-refractivity contribution >= 4 is 17.2 Å². The van der Waals surface area contributed by atoms with Gasteiger partial charge in [-0.3, -0.25) is 0 Å². The third-order valence-electron chi connectivity index (χ3n) is 5.09. The normalized spacial score (nSPS) is 13.6. The van der Waals surface area contributed by atoms with E-state index in [2.05, 4.69) is 15.4 Å². The third kappa shape index (κ3) is 3.71. The van der Waals surface area contributed by atoms with E-state index < -0.39 is 11.6 Å². The molecule has 1 unspecified atom stereocenters. The molecule has 0 fully saturated rings. The van der Waals surface area contributed by atoms with Crippen molar-refractivity contribution in [1.82, 2.24) is 19.7 Å². The van der Waals surface area contributed by atoms with E-state index in [1.165, 1.54) is 34.5 Å². The highest BCUT2D eigenvalue weighted by Gasteiger charge is 2.24. The van der Waals surface area contributed by atoms with E-state index in [-0.39, 0.29) is 18.3 Å². The second kappa shape index (κ2) is 8.29. The Balaban J connectivity index is 1.58. The summed E-state index contributed by atoms with van der Waals surface area (Å²) in [5, 5.41) is 16.6. The maximum Gasteiger partial charge on any atom is 0.173 e. The Morgan fingerprint density at radius 2 is 2.12 bits per heavy atom. The number of aliphatic hydroxyl groups is 1. The molecule has 0 amide bonds. The molecule has 0 aliphatic carbocycles. The quantitative estimate of drug-likeness (QED) is 0.472.